The van der Waals surface area contributed by atoms with Gasteiger partial charge < -0.3 is 45.5 Å². The van der Waals surface area contributed by atoms with Crippen LogP contribution in [-0.4, -0.2) is 111 Å². The minimum Gasteiger partial charge on any atom is -0.367 e. The molecule has 50 heavy (non-hydrogen) atoms. The Kier molecular flexibility index (Phi) is 10.1. The Morgan fingerprint density at radius 2 is 1.46 bits per heavy atom. The zero-order chi connectivity index (χ0) is 38.1. The van der Waals surface area contributed by atoms with Crippen LogP contribution in [0, 0.1) is 12.7 Å². The van der Waals surface area contributed by atoms with Crippen LogP contribution in [0.5, 0.6) is 0 Å². The molecule has 2 aliphatic heterocycles. The molecule has 2 fully saturated rings. The van der Waals surface area contributed by atoms with Gasteiger partial charge in [0, 0.05) is 26.6 Å². The predicted molar refractivity (Wildman–Crippen MR) is 153 cm³/mol. The van der Waals surface area contributed by atoms with Gasteiger partial charge in [0.25, 0.3) is 5.91 Å². The van der Waals surface area contributed by atoms with Gasteiger partial charge in [-0.3, -0.25) is 9.69 Å². The number of hydrogen-bond donors (Lipinski definition) is 7. The third-order valence-electron chi connectivity index (χ3n) is 9.16. The first-order valence-electron chi connectivity index (χ1n) is 14.9. The number of halogens is 7. The van der Waals surface area contributed by atoms with E-state index < -0.39 is 113 Å². The summed E-state index contributed by atoms with van der Waals surface area (Å²) in [5.74, 6) is -14.1. The fourth-order valence-corrected chi connectivity index (χ4v) is 6.47. The number of carbonyl (C=O) groups excluding carboxylic acids is 2. The fourth-order valence-electron chi connectivity index (χ4n) is 6.47. The minimum absolute atomic E-state index is 0.0680. The highest BCUT2D eigenvalue weighted by Crippen LogP contribution is 2.46. The summed E-state index contributed by atoms with van der Waals surface area (Å²) in [6.45, 7) is 2.76. The molecule has 7 N–H and O–H groups in total. The minimum atomic E-state index is -5.17. The molecule has 2 saturated heterocycles. The smallest absolute Gasteiger partial charge is 0.367 e. The second kappa shape index (κ2) is 12.9. The summed E-state index contributed by atoms with van der Waals surface area (Å²) in [4.78, 5) is 27.5. The normalized spacial score (nSPS) is 24.6. The van der Waals surface area contributed by atoms with Gasteiger partial charge in [0.1, 0.15) is 5.82 Å². The number of amides is 3. The van der Waals surface area contributed by atoms with Gasteiger partial charge in [-0.2, -0.15) is 31.2 Å². The Morgan fingerprint density at radius 3 is 1.94 bits per heavy atom. The number of nitrogens with zero attached hydrogens (tertiary/aromatic N) is 4. The van der Waals surface area contributed by atoms with Crippen LogP contribution in [0.25, 0.3) is 0 Å². The van der Waals surface area contributed by atoms with E-state index in [2.05, 4.69) is 0 Å². The molecule has 0 aromatic heterocycles. The van der Waals surface area contributed by atoms with Crippen molar-refractivity contribution in [1.82, 2.24) is 19.6 Å². The first-order chi connectivity index (χ1) is 22.6. The van der Waals surface area contributed by atoms with Crippen molar-refractivity contribution in [2.45, 2.75) is 88.1 Å². The van der Waals surface area contributed by atoms with E-state index in [1.165, 1.54) is 19.9 Å². The molecule has 3 amide bonds. The second-order valence-corrected chi connectivity index (χ2v) is 12.4. The van der Waals surface area contributed by atoms with Gasteiger partial charge in [-0.05, 0) is 73.7 Å². The van der Waals surface area contributed by atoms with Gasteiger partial charge in [-0.25, -0.2) is 9.18 Å². The van der Waals surface area contributed by atoms with Crippen LogP contribution in [0.1, 0.15) is 66.6 Å². The molecular weight excluding hydrogens is 693 g/mol. The van der Waals surface area contributed by atoms with E-state index in [4.69, 9.17) is 0 Å². The number of hydrogen-bond acceptors (Lipinski definition) is 10. The number of aliphatic hydroxyl groups is 7. The molecule has 4 rings (SSSR count). The van der Waals surface area contributed by atoms with E-state index >= 15 is 0 Å². The van der Waals surface area contributed by atoms with Crippen molar-refractivity contribution in [2.75, 3.05) is 13.6 Å². The topological polar surface area (TPSA) is 189 Å². The lowest BCUT2D eigenvalue weighted by molar-refractivity contribution is -0.554. The molecule has 278 valence electrons. The lowest BCUT2D eigenvalue weighted by Gasteiger charge is -2.60. The lowest BCUT2D eigenvalue weighted by Crippen LogP contribution is -2.87. The van der Waals surface area contributed by atoms with Crippen LogP contribution < -0.4 is 0 Å². The number of rotatable bonds is 4. The second-order valence-electron chi connectivity index (χ2n) is 12.4. The number of piperidine rings is 1. The Morgan fingerprint density at radius 1 is 0.920 bits per heavy atom. The maximum absolute atomic E-state index is 14.1. The van der Waals surface area contributed by atoms with Crippen molar-refractivity contribution in [1.29, 1.82) is 0 Å². The quantitative estimate of drug-likeness (QED) is 0.181. The zero-order valence-corrected chi connectivity index (χ0v) is 26.8. The molecule has 0 spiro atoms. The number of piperazine rings is 1. The van der Waals surface area contributed by atoms with Crippen LogP contribution in [0.2, 0.25) is 0 Å². The van der Waals surface area contributed by atoms with Gasteiger partial charge in [-0.15, -0.1) is 0 Å². The summed E-state index contributed by atoms with van der Waals surface area (Å²) in [6.07, 6.45) is -14.3. The Bertz CT molecular complexity index is 1600. The van der Waals surface area contributed by atoms with Crippen molar-refractivity contribution in [3.63, 3.8) is 0 Å². The molecular formula is C30H35F7N4O9. The molecule has 0 radical (unpaired) electrons. The van der Waals surface area contributed by atoms with Gasteiger partial charge in [0.05, 0.1) is 23.2 Å². The summed E-state index contributed by atoms with van der Waals surface area (Å²) in [7, 11) is 1.10. The van der Waals surface area contributed by atoms with Crippen LogP contribution in [0.4, 0.5) is 35.5 Å². The van der Waals surface area contributed by atoms with Crippen LogP contribution in [-0.2, 0) is 17.1 Å². The number of likely N-dealkylation sites (tertiary alicyclic amines) is 1. The summed E-state index contributed by atoms with van der Waals surface area (Å²) in [5, 5.41) is 75.4. The highest BCUT2D eigenvalue weighted by atomic mass is 19.4. The number of aliphatic hydroxyl groups excluding tert-OH is 1. The van der Waals surface area contributed by atoms with E-state index in [9.17, 15) is 76.1 Å². The third-order valence-corrected chi connectivity index (χ3v) is 9.16. The maximum atomic E-state index is 14.1. The largest absolute Gasteiger partial charge is 0.416 e. The van der Waals surface area contributed by atoms with Gasteiger partial charge >= 0.3 is 30.2 Å². The average Bonchev–Trinajstić information content (AvgIpc) is 2.97. The molecule has 13 nitrogen and oxygen atoms in total. The Hall–Kier alpha value is -3.63. The molecule has 2 aromatic carbocycles. The molecule has 4 atom stereocenters. The molecule has 2 aromatic rings. The average molecular weight is 729 g/mol. The third kappa shape index (κ3) is 6.73. The summed E-state index contributed by atoms with van der Waals surface area (Å²) in [6, 6.07) is -1.14. The fraction of sp³-hybridized carbons (Fsp3) is 0.533. The number of urea groups is 1. The molecule has 2 aliphatic rings. The first-order valence-corrected chi connectivity index (χ1v) is 14.9. The van der Waals surface area contributed by atoms with Crippen molar-refractivity contribution >= 4 is 11.9 Å². The van der Waals surface area contributed by atoms with E-state index in [1.54, 1.807) is 0 Å². The van der Waals surface area contributed by atoms with Crippen molar-refractivity contribution in [3.8, 4) is 0 Å². The molecule has 2 heterocycles. The lowest BCUT2D eigenvalue weighted by atomic mass is 9.87. The first kappa shape index (κ1) is 39.2. The SMILES string of the molecule is CC(=O)N1C(O)C(O)(O)N(C2CCN(C(=O)N(C)C(C)c3cc(C(F)(F)F)cc(C(F)(F)F)c3)C(c3ccc(F)cc3C)C2)C(O)(O)C1(O)O. The number of alkyl halides is 6. The standard InChI is InChI=1S/C30H35F7N4O9/c1-14-9-20(31)5-6-22(14)23-13-21(41-28(45,46)24(43)40(16(3)42)29(47,48)30(41,49)50)7-8-39(23)25(44)38(4)15(2)17-10-18(26(32,33)34)12-19(11-17)27(35,36)37/h5-6,9-12,15,21,23-24,43,45-50H,7-8,13H2,1-4H3. The molecule has 0 aliphatic carbocycles. The van der Waals surface area contributed by atoms with Crippen molar-refractivity contribution in [3.05, 3.63) is 70.0 Å². The molecule has 0 saturated carbocycles. The number of benzene rings is 2. The van der Waals surface area contributed by atoms with E-state index in [0.29, 0.717) is 19.1 Å². The monoisotopic (exact) mass is 728 g/mol. The molecule has 4 unspecified atom stereocenters. The summed E-state index contributed by atoms with van der Waals surface area (Å²) in [5.41, 5.74) is -3.37. The Labute approximate surface area is 279 Å². The Balaban J connectivity index is 1.76. The van der Waals surface area contributed by atoms with E-state index in [0.717, 1.165) is 29.0 Å². The van der Waals surface area contributed by atoms with Gasteiger partial charge in [0.2, 0.25) is 12.1 Å². The highest BCUT2D eigenvalue weighted by Gasteiger charge is 2.73. The number of carbonyl (C=O) groups is 2. The maximum Gasteiger partial charge on any atom is 0.416 e. The van der Waals surface area contributed by atoms with E-state index in [-0.39, 0.29) is 22.1 Å². The van der Waals surface area contributed by atoms with Gasteiger partial charge in [0.15, 0.2) is 0 Å². The van der Waals surface area contributed by atoms with Crippen LogP contribution in [0.3, 0.4) is 0 Å². The predicted octanol–water partition coefficient (Wildman–Crippen LogP) is 1.89. The summed E-state index contributed by atoms with van der Waals surface area (Å²) >= 11 is 0. The van der Waals surface area contributed by atoms with Crippen LogP contribution in [0.15, 0.2) is 36.4 Å². The highest BCUT2D eigenvalue weighted by molar-refractivity contribution is 5.76. The molecule has 20 heteroatoms. The van der Waals surface area contributed by atoms with Crippen LogP contribution >= 0.6 is 0 Å². The molecule has 0 bridgehead atoms. The van der Waals surface area contributed by atoms with Gasteiger partial charge in [-0.1, -0.05) is 6.07 Å². The van der Waals surface area contributed by atoms with Crippen molar-refractivity contribution < 1.29 is 76.1 Å². The number of aryl methyl sites for hydroxylation is 1. The zero-order valence-electron chi connectivity index (χ0n) is 26.8. The summed E-state index contributed by atoms with van der Waals surface area (Å²) < 4.78 is 95.5. The van der Waals surface area contributed by atoms with Crippen molar-refractivity contribution in [2.24, 2.45) is 0 Å². The van der Waals surface area contributed by atoms with E-state index in [1.807, 2.05) is 0 Å².